The van der Waals surface area contributed by atoms with E-state index in [1.54, 1.807) is 46.1 Å². The topological polar surface area (TPSA) is 61.8 Å². The minimum absolute atomic E-state index is 0.112. The van der Waals surface area contributed by atoms with Crippen LogP contribution in [0.2, 0.25) is 0 Å². The van der Waals surface area contributed by atoms with Crippen molar-refractivity contribution in [2.75, 3.05) is 14.2 Å². The first-order valence-electron chi connectivity index (χ1n) is 6.79. The third kappa shape index (κ3) is 2.48. The molecule has 1 fully saturated rings. The molecule has 1 aliphatic heterocycles. The molecule has 0 bridgehead atoms. The largest absolute Gasteiger partial charge is 0.493 e. The third-order valence-corrected chi connectivity index (χ3v) is 3.98. The van der Waals surface area contributed by atoms with E-state index in [0.717, 1.165) is 0 Å². The van der Waals surface area contributed by atoms with Crippen molar-refractivity contribution in [3.63, 3.8) is 0 Å². The summed E-state index contributed by atoms with van der Waals surface area (Å²) in [6.07, 6.45) is -0.631. The number of rotatable bonds is 3. The van der Waals surface area contributed by atoms with Gasteiger partial charge in [-0.25, -0.2) is 0 Å². The van der Waals surface area contributed by atoms with Gasteiger partial charge in [0.2, 0.25) is 0 Å². The van der Waals surface area contributed by atoms with Crippen molar-refractivity contribution in [3.8, 4) is 11.5 Å². The summed E-state index contributed by atoms with van der Waals surface area (Å²) in [5, 5.41) is 0. The van der Waals surface area contributed by atoms with Crippen LogP contribution in [0.4, 0.5) is 0 Å². The number of methoxy groups -OCH3 is 2. The highest BCUT2D eigenvalue weighted by Crippen LogP contribution is 2.45. The Morgan fingerprint density at radius 2 is 1.71 bits per heavy atom. The molecule has 5 nitrogen and oxygen atoms in total. The number of Topliss-reactive ketones (excluding diaryl/α,β-unsaturated/α-hetero) is 1. The van der Waals surface area contributed by atoms with Crippen LogP contribution < -0.4 is 9.47 Å². The lowest BCUT2D eigenvalue weighted by Crippen LogP contribution is -2.46. The molecule has 1 aromatic rings. The Labute approximate surface area is 124 Å². The van der Waals surface area contributed by atoms with Crippen molar-refractivity contribution >= 4 is 11.8 Å². The number of hydrogen-bond acceptors (Lipinski definition) is 5. The van der Waals surface area contributed by atoms with Crippen LogP contribution in [0.25, 0.3) is 0 Å². The van der Waals surface area contributed by atoms with Crippen molar-refractivity contribution in [2.45, 2.75) is 26.9 Å². The van der Waals surface area contributed by atoms with Crippen molar-refractivity contribution in [2.24, 2.45) is 11.3 Å². The predicted octanol–water partition coefficient (Wildman–Crippen LogP) is 2.53. The van der Waals surface area contributed by atoms with E-state index in [-0.39, 0.29) is 5.78 Å². The predicted molar refractivity (Wildman–Crippen MR) is 76.3 cm³/mol. The Hall–Kier alpha value is -2.04. The lowest BCUT2D eigenvalue weighted by Gasteiger charge is -2.39. The molecule has 0 N–H and O–H groups in total. The van der Waals surface area contributed by atoms with E-state index in [0.29, 0.717) is 17.1 Å². The maximum absolute atomic E-state index is 12.4. The highest BCUT2D eigenvalue weighted by molar-refractivity contribution is 6.03. The molecular weight excluding hydrogens is 272 g/mol. The van der Waals surface area contributed by atoms with E-state index >= 15 is 0 Å². The summed E-state index contributed by atoms with van der Waals surface area (Å²) in [5.74, 6) is -0.206. The normalized spacial score (nSPS) is 24.4. The van der Waals surface area contributed by atoms with Crippen LogP contribution in [0.1, 0.15) is 32.4 Å². The van der Waals surface area contributed by atoms with Gasteiger partial charge in [-0.1, -0.05) is 6.07 Å². The van der Waals surface area contributed by atoms with Crippen LogP contribution in [0.5, 0.6) is 11.5 Å². The molecule has 0 amide bonds. The second-order valence-electron chi connectivity index (χ2n) is 5.74. The van der Waals surface area contributed by atoms with Crippen LogP contribution in [-0.2, 0) is 14.3 Å². The number of carbonyl (C=O) groups is 2. The average Bonchev–Trinajstić information content (AvgIpc) is 2.48. The van der Waals surface area contributed by atoms with Crippen LogP contribution in [0.3, 0.4) is 0 Å². The number of hydrogen-bond donors (Lipinski definition) is 0. The zero-order valence-electron chi connectivity index (χ0n) is 12.9. The number of ether oxygens (including phenoxy) is 3. The van der Waals surface area contributed by atoms with Gasteiger partial charge in [0.05, 0.1) is 19.6 Å². The Morgan fingerprint density at radius 3 is 2.29 bits per heavy atom. The van der Waals surface area contributed by atoms with E-state index in [9.17, 15) is 9.59 Å². The summed E-state index contributed by atoms with van der Waals surface area (Å²) >= 11 is 0. The molecular formula is C16H20O5. The Kier molecular flexibility index (Phi) is 3.94. The van der Waals surface area contributed by atoms with Crippen LogP contribution in [0.15, 0.2) is 18.2 Å². The summed E-state index contributed by atoms with van der Waals surface area (Å²) in [6.45, 7) is 5.16. The summed E-state index contributed by atoms with van der Waals surface area (Å²) < 4.78 is 15.9. The third-order valence-electron chi connectivity index (χ3n) is 3.98. The molecule has 2 rings (SSSR count). The second kappa shape index (κ2) is 5.39. The molecule has 1 heterocycles. The quantitative estimate of drug-likeness (QED) is 0.633. The van der Waals surface area contributed by atoms with Gasteiger partial charge in [0.25, 0.3) is 0 Å². The molecule has 1 saturated heterocycles. The minimum atomic E-state index is -0.785. The van der Waals surface area contributed by atoms with Crippen molar-refractivity contribution in [3.05, 3.63) is 23.8 Å². The van der Waals surface area contributed by atoms with Crippen LogP contribution in [0, 0.1) is 11.3 Å². The molecule has 0 unspecified atom stereocenters. The molecule has 1 aliphatic rings. The van der Waals surface area contributed by atoms with Gasteiger partial charge in [-0.05, 0) is 38.5 Å². The maximum atomic E-state index is 12.4. The molecule has 0 spiro atoms. The number of ketones is 1. The van der Waals surface area contributed by atoms with Gasteiger partial charge in [-0.15, -0.1) is 0 Å². The zero-order valence-corrected chi connectivity index (χ0v) is 12.9. The molecule has 2 atom stereocenters. The van der Waals surface area contributed by atoms with Crippen molar-refractivity contribution < 1.29 is 23.8 Å². The number of esters is 1. The fourth-order valence-corrected chi connectivity index (χ4v) is 2.66. The smallest absolute Gasteiger partial charge is 0.316 e. The standard InChI is InChI=1S/C16H20O5/c1-9-13(17)16(2,3)14(21-15(9)18)10-6-7-11(19-4)12(8-10)20-5/h6-9,14H,1-5H3/t9-,14-/m0/s1. The SMILES string of the molecule is COc1ccc([C@@H]2OC(=O)[C@@H](C)C(=O)C2(C)C)cc1OC. The summed E-state index contributed by atoms with van der Waals surface area (Å²) in [5.41, 5.74) is -0.0707. The van der Waals surface area contributed by atoms with Crippen molar-refractivity contribution in [1.29, 1.82) is 0 Å². The number of benzene rings is 1. The zero-order chi connectivity index (χ0) is 15.8. The van der Waals surface area contributed by atoms with Gasteiger partial charge in [0.1, 0.15) is 12.0 Å². The van der Waals surface area contributed by atoms with E-state index < -0.39 is 23.4 Å². The Morgan fingerprint density at radius 1 is 1.10 bits per heavy atom. The molecule has 114 valence electrons. The fraction of sp³-hybridized carbons (Fsp3) is 0.500. The van der Waals surface area contributed by atoms with Crippen LogP contribution >= 0.6 is 0 Å². The summed E-state index contributed by atoms with van der Waals surface area (Å²) in [6, 6.07) is 5.26. The van der Waals surface area contributed by atoms with E-state index in [4.69, 9.17) is 14.2 Å². The molecule has 0 radical (unpaired) electrons. The molecule has 1 aromatic carbocycles. The van der Waals surface area contributed by atoms with Gasteiger partial charge >= 0.3 is 5.97 Å². The van der Waals surface area contributed by atoms with E-state index in [2.05, 4.69) is 0 Å². The van der Waals surface area contributed by atoms with Gasteiger partial charge in [0, 0.05) is 0 Å². The number of carbonyl (C=O) groups excluding carboxylic acids is 2. The molecule has 0 aromatic heterocycles. The first-order valence-corrected chi connectivity index (χ1v) is 6.79. The number of cyclic esters (lactones) is 1. The molecule has 0 saturated carbocycles. The summed E-state index contributed by atoms with van der Waals surface area (Å²) in [7, 11) is 3.08. The Balaban J connectivity index is 2.45. The van der Waals surface area contributed by atoms with Gasteiger partial charge in [0.15, 0.2) is 17.3 Å². The van der Waals surface area contributed by atoms with Gasteiger partial charge in [-0.2, -0.15) is 0 Å². The lowest BCUT2D eigenvalue weighted by molar-refractivity contribution is -0.177. The van der Waals surface area contributed by atoms with Gasteiger partial charge < -0.3 is 14.2 Å². The summed E-state index contributed by atoms with van der Waals surface area (Å²) in [4.78, 5) is 24.2. The molecule has 0 aliphatic carbocycles. The van der Waals surface area contributed by atoms with E-state index in [1.807, 2.05) is 0 Å². The highest BCUT2D eigenvalue weighted by atomic mass is 16.5. The monoisotopic (exact) mass is 292 g/mol. The maximum Gasteiger partial charge on any atom is 0.316 e. The highest BCUT2D eigenvalue weighted by Gasteiger charge is 2.49. The Bertz CT molecular complexity index is 576. The fourth-order valence-electron chi connectivity index (χ4n) is 2.66. The van der Waals surface area contributed by atoms with Crippen LogP contribution in [-0.4, -0.2) is 26.0 Å². The van der Waals surface area contributed by atoms with Crippen molar-refractivity contribution in [1.82, 2.24) is 0 Å². The second-order valence-corrected chi connectivity index (χ2v) is 5.74. The minimum Gasteiger partial charge on any atom is -0.493 e. The molecule has 21 heavy (non-hydrogen) atoms. The first kappa shape index (κ1) is 15.4. The first-order chi connectivity index (χ1) is 9.82. The van der Waals surface area contributed by atoms with Gasteiger partial charge in [-0.3, -0.25) is 9.59 Å². The lowest BCUT2D eigenvalue weighted by atomic mass is 9.73. The molecule has 5 heteroatoms. The average molecular weight is 292 g/mol. The van der Waals surface area contributed by atoms with E-state index in [1.165, 1.54) is 7.11 Å².